The molecule has 2 aromatic rings. The molecule has 0 aliphatic rings. The van der Waals surface area contributed by atoms with Crippen LogP contribution in [-0.2, 0) is 10.0 Å². The molecule has 0 fully saturated rings. The highest BCUT2D eigenvalue weighted by molar-refractivity contribution is 9.10. The number of nitrogens with zero attached hydrogens (tertiary/aromatic N) is 2. The predicted molar refractivity (Wildman–Crippen MR) is 97.9 cm³/mol. The summed E-state index contributed by atoms with van der Waals surface area (Å²) >= 11 is 3.50. The molecule has 2 rings (SSSR count). The van der Waals surface area contributed by atoms with Crippen LogP contribution in [0.3, 0.4) is 0 Å². The number of benzene rings is 2. The van der Waals surface area contributed by atoms with Crippen LogP contribution in [-0.4, -0.2) is 19.3 Å². The standard InChI is InChI=1S/C18H19BrN2O2S/c1-3-11-21(14(2)17-9-4-5-10-18(17)19)24(22,23)16-8-6-7-15(12-16)13-20/h4-10,12,14H,3,11H2,1-2H3/t14-/m0/s1. The smallest absolute Gasteiger partial charge is 0.207 e. The van der Waals surface area contributed by atoms with E-state index in [2.05, 4.69) is 15.9 Å². The Bertz CT molecular complexity index is 859. The fourth-order valence-electron chi connectivity index (χ4n) is 2.57. The van der Waals surface area contributed by atoms with Gasteiger partial charge in [0.1, 0.15) is 0 Å². The first-order valence-corrected chi connectivity index (χ1v) is 9.91. The quantitative estimate of drug-likeness (QED) is 0.709. The van der Waals surface area contributed by atoms with E-state index < -0.39 is 10.0 Å². The van der Waals surface area contributed by atoms with Gasteiger partial charge in [-0.1, -0.05) is 47.1 Å². The summed E-state index contributed by atoms with van der Waals surface area (Å²) in [5.74, 6) is 0. The third kappa shape index (κ3) is 3.86. The maximum atomic E-state index is 13.1. The van der Waals surface area contributed by atoms with Crippen molar-refractivity contribution in [1.29, 1.82) is 5.26 Å². The lowest BCUT2D eigenvalue weighted by Gasteiger charge is -2.29. The summed E-state index contributed by atoms with van der Waals surface area (Å²) in [4.78, 5) is 0.147. The van der Waals surface area contributed by atoms with Gasteiger partial charge in [-0.15, -0.1) is 0 Å². The first kappa shape index (κ1) is 18.7. The number of hydrogen-bond acceptors (Lipinski definition) is 3. The fourth-order valence-corrected chi connectivity index (χ4v) is 4.94. The van der Waals surface area contributed by atoms with Gasteiger partial charge in [0.25, 0.3) is 0 Å². The summed E-state index contributed by atoms with van der Waals surface area (Å²) in [6.07, 6.45) is 0.700. The molecule has 0 aliphatic carbocycles. The van der Waals surface area contributed by atoms with E-state index in [4.69, 9.17) is 5.26 Å². The van der Waals surface area contributed by atoms with E-state index in [0.29, 0.717) is 18.5 Å². The molecule has 0 bridgehead atoms. The van der Waals surface area contributed by atoms with Crippen molar-refractivity contribution in [2.75, 3.05) is 6.54 Å². The number of nitriles is 1. The molecule has 2 aromatic carbocycles. The Morgan fingerprint density at radius 2 is 1.92 bits per heavy atom. The lowest BCUT2D eigenvalue weighted by molar-refractivity contribution is 0.341. The number of hydrogen-bond donors (Lipinski definition) is 0. The maximum Gasteiger partial charge on any atom is 0.243 e. The van der Waals surface area contributed by atoms with Gasteiger partial charge in [0.15, 0.2) is 0 Å². The second-order valence-corrected chi connectivity index (χ2v) is 8.20. The molecular weight excluding hydrogens is 388 g/mol. The van der Waals surface area contributed by atoms with Crippen LogP contribution in [0, 0.1) is 11.3 Å². The molecule has 6 heteroatoms. The highest BCUT2D eigenvalue weighted by Gasteiger charge is 2.30. The van der Waals surface area contributed by atoms with E-state index in [1.54, 1.807) is 12.1 Å². The van der Waals surface area contributed by atoms with Gasteiger partial charge < -0.3 is 0 Å². The van der Waals surface area contributed by atoms with Gasteiger partial charge in [0.05, 0.1) is 16.5 Å². The third-order valence-corrected chi connectivity index (χ3v) is 6.49. The molecule has 0 aliphatic heterocycles. The first-order chi connectivity index (χ1) is 11.4. The van der Waals surface area contributed by atoms with Crippen LogP contribution in [0.5, 0.6) is 0 Å². The molecule has 0 N–H and O–H groups in total. The molecule has 1 atom stereocenters. The van der Waals surface area contributed by atoms with E-state index >= 15 is 0 Å². The summed E-state index contributed by atoms with van der Waals surface area (Å²) in [7, 11) is -3.70. The molecule has 0 heterocycles. The van der Waals surface area contributed by atoms with Crippen LogP contribution in [0.2, 0.25) is 0 Å². The lowest BCUT2D eigenvalue weighted by atomic mass is 10.1. The van der Waals surface area contributed by atoms with Crippen LogP contribution < -0.4 is 0 Å². The Labute approximate surface area is 151 Å². The summed E-state index contributed by atoms with van der Waals surface area (Å²) in [5, 5.41) is 9.03. The van der Waals surface area contributed by atoms with Gasteiger partial charge in [-0.25, -0.2) is 8.42 Å². The molecule has 0 spiro atoms. The van der Waals surface area contributed by atoms with Gasteiger partial charge in [0.2, 0.25) is 10.0 Å². The van der Waals surface area contributed by atoms with E-state index in [0.717, 1.165) is 10.0 Å². The minimum Gasteiger partial charge on any atom is -0.207 e. The Kier molecular flexibility index (Phi) is 6.16. The van der Waals surface area contributed by atoms with Crippen molar-refractivity contribution >= 4 is 26.0 Å². The Balaban J connectivity index is 2.49. The van der Waals surface area contributed by atoms with Crippen LogP contribution in [0.4, 0.5) is 0 Å². The second-order valence-electron chi connectivity index (χ2n) is 5.45. The van der Waals surface area contributed by atoms with Crippen molar-refractivity contribution in [1.82, 2.24) is 4.31 Å². The summed E-state index contributed by atoms with van der Waals surface area (Å²) in [6, 6.07) is 15.4. The molecule has 4 nitrogen and oxygen atoms in total. The zero-order chi connectivity index (χ0) is 17.7. The molecule has 0 aromatic heterocycles. The van der Waals surface area contributed by atoms with Crippen molar-refractivity contribution in [3.63, 3.8) is 0 Å². The zero-order valence-electron chi connectivity index (χ0n) is 13.6. The first-order valence-electron chi connectivity index (χ1n) is 7.68. The average molecular weight is 407 g/mol. The lowest BCUT2D eigenvalue weighted by Crippen LogP contribution is -2.34. The Hall–Kier alpha value is -1.68. The molecule has 126 valence electrons. The number of sulfonamides is 1. The van der Waals surface area contributed by atoms with E-state index in [9.17, 15) is 8.42 Å². The van der Waals surface area contributed by atoms with Crippen molar-refractivity contribution in [2.24, 2.45) is 0 Å². The van der Waals surface area contributed by atoms with Crippen LogP contribution >= 0.6 is 15.9 Å². The van der Waals surface area contributed by atoms with E-state index in [-0.39, 0.29) is 10.9 Å². The second kappa shape index (κ2) is 7.93. The highest BCUT2D eigenvalue weighted by Crippen LogP contribution is 2.32. The van der Waals surface area contributed by atoms with Crippen molar-refractivity contribution < 1.29 is 8.42 Å². The minimum atomic E-state index is -3.70. The van der Waals surface area contributed by atoms with Gasteiger partial charge in [-0.2, -0.15) is 9.57 Å². The van der Waals surface area contributed by atoms with E-state index in [1.165, 1.54) is 16.4 Å². The third-order valence-electron chi connectivity index (χ3n) is 3.80. The Morgan fingerprint density at radius 1 is 1.21 bits per heavy atom. The number of rotatable bonds is 6. The minimum absolute atomic E-state index is 0.147. The molecule has 0 unspecified atom stereocenters. The predicted octanol–water partition coefficient (Wildman–Crippen LogP) is 4.48. The fraction of sp³-hybridized carbons (Fsp3) is 0.278. The molecule has 0 radical (unpaired) electrons. The van der Waals surface area contributed by atoms with Crippen molar-refractivity contribution in [3.05, 3.63) is 64.1 Å². The van der Waals surface area contributed by atoms with Gasteiger partial charge in [-0.05, 0) is 43.2 Å². The topological polar surface area (TPSA) is 61.2 Å². The van der Waals surface area contributed by atoms with Crippen molar-refractivity contribution in [3.8, 4) is 6.07 Å². The molecule has 0 amide bonds. The zero-order valence-corrected chi connectivity index (χ0v) is 16.0. The van der Waals surface area contributed by atoms with Gasteiger partial charge in [-0.3, -0.25) is 0 Å². The summed E-state index contributed by atoms with van der Waals surface area (Å²) < 4.78 is 28.6. The summed E-state index contributed by atoms with van der Waals surface area (Å²) in [6.45, 7) is 4.23. The normalized spacial score (nSPS) is 12.8. The van der Waals surface area contributed by atoms with Crippen molar-refractivity contribution in [2.45, 2.75) is 31.2 Å². The largest absolute Gasteiger partial charge is 0.243 e. The highest BCUT2D eigenvalue weighted by atomic mass is 79.9. The van der Waals surface area contributed by atoms with Crippen LogP contribution in [0.15, 0.2) is 57.9 Å². The number of halogens is 1. The van der Waals surface area contributed by atoms with Crippen LogP contribution in [0.1, 0.15) is 37.4 Å². The van der Waals surface area contributed by atoms with E-state index in [1.807, 2.05) is 44.2 Å². The molecule has 0 saturated carbocycles. The molecular formula is C18H19BrN2O2S. The molecule has 0 saturated heterocycles. The van der Waals surface area contributed by atoms with Gasteiger partial charge in [0, 0.05) is 17.1 Å². The Morgan fingerprint density at radius 3 is 2.54 bits per heavy atom. The SMILES string of the molecule is CCCN([C@@H](C)c1ccccc1Br)S(=O)(=O)c1cccc(C#N)c1. The average Bonchev–Trinajstić information content (AvgIpc) is 2.59. The van der Waals surface area contributed by atoms with Crippen LogP contribution in [0.25, 0.3) is 0 Å². The molecule has 24 heavy (non-hydrogen) atoms. The van der Waals surface area contributed by atoms with Gasteiger partial charge >= 0.3 is 0 Å². The maximum absolute atomic E-state index is 13.1. The monoisotopic (exact) mass is 406 g/mol. The summed E-state index contributed by atoms with van der Waals surface area (Å²) in [5.41, 5.74) is 1.24.